The predicted octanol–water partition coefficient (Wildman–Crippen LogP) is 2.28. The minimum Gasteiger partial charge on any atom is -0.316 e. The van der Waals surface area contributed by atoms with Gasteiger partial charge in [0.2, 0.25) is 5.28 Å². The molecule has 0 radical (unpaired) electrons. The van der Waals surface area contributed by atoms with Gasteiger partial charge in [-0.15, -0.1) is 0 Å². The molecule has 0 spiro atoms. The number of aryl methyl sites for hydroxylation is 1. The lowest BCUT2D eigenvalue weighted by molar-refractivity contribution is 0.946. The number of nitrogens with zero attached hydrogens (tertiary/aromatic N) is 3. The van der Waals surface area contributed by atoms with Crippen LogP contribution in [-0.4, -0.2) is 14.5 Å². The fourth-order valence-corrected chi connectivity index (χ4v) is 1.37. The predicted molar refractivity (Wildman–Crippen MR) is 48.5 cm³/mol. The van der Waals surface area contributed by atoms with E-state index in [1.165, 1.54) is 0 Å². The van der Waals surface area contributed by atoms with Gasteiger partial charge in [0.15, 0.2) is 0 Å². The van der Waals surface area contributed by atoms with Crippen molar-refractivity contribution in [3.05, 3.63) is 22.7 Å². The molecule has 62 valence electrons. The van der Waals surface area contributed by atoms with Crippen molar-refractivity contribution in [3.8, 4) is 0 Å². The first-order valence-electron chi connectivity index (χ1n) is 3.32. The zero-order valence-electron chi connectivity index (χ0n) is 6.25. The number of fused-ring (bicyclic) bond motifs is 1. The molecule has 0 atom stereocenters. The molecule has 0 saturated heterocycles. The van der Waals surface area contributed by atoms with E-state index in [9.17, 15) is 0 Å². The Hall–Kier alpha value is -0.800. The highest BCUT2D eigenvalue weighted by Crippen LogP contribution is 2.19. The summed E-state index contributed by atoms with van der Waals surface area (Å²) in [5, 5.41) is 0.867. The van der Waals surface area contributed by atoms with Crippen LogP contribution in [0.5, 0.6) is 0 Å². The van der Waals surface area contributed by atoms with Crippen LogP contribution in [0.4, 0.5) is 0 Å². The highest BCUT2D eigenvalue weighted by Gasteiger charge is 2.05. The molecule has 3 nitrogen and oxygen atoms in total. The summed E-state index contributed by atoms with van der Waals surface area (Å²) >= 11 is 11.5. The molecule has 12 heavy (non-hydrogen) atoms. The van der Waals surface area contributed by atoms with E-state index in [-0.39, 0.29) is 0 Å². The number of imidazole rings is 1. The molecular weight excluding hydrogens is 197 g/mol. The zero-order chi connectivity index (χ0) is 8.72. The molecule has 2 aromatic heterocycles. The average Bonchev–Trinajstić information content (AvgIpc) is 2.28. The van der Waals surface area contributed by atoms with Crippen molar-refractivity contribution in [3.63, 3.8) is 0 Å². The molecule has 2 heterocycles. The topological polar surface area (TPSA) is 30.7 Å². The summed E-state index contributed by atoms with van der Waals surface area (Å²) in [6.07, 6.45) is 1.65. The van der Waals surface area contributed by atoms with Gasteiger partial charge in [-0.3, -0.25) is 0 Å². The van der Waals surface area contributed by atoms with Crippen molar-refractivity contribution in [2.24, 2.45) is 7.05 Å². The molecule has 2 aromatic rings. The van der Waals surface area contributed by atoms with Gasteiger partial charge in [-0.2, -0.15) is 0 Å². The van der Waals surface area contributed by atoms with Crippen LogP contribution in [0, 0.1) is 0 Å². The second-order valence-electron chi connectivity index (χ2n) is 2.44. The van der Waals surface area contributed by atoms with Gasteiger partial charge in [-0.25, -0.2) is 9.97 Å². The van der Waals surface area contributed by atoms with E-state index >= 15 is 0 Å². The number of hydrogen-bond donors (Lipinski definition) is 0. The Kier molecular flexibility index (Phi) is 1.70. The summed E-state index contributed by atoms with van der Waals surface area (Å²) in [6, 6.07) is 1.68. The number of rotatable bonds is 0. The summed E-state index contributed by atoms with van der Waals surface area (Å²) < 4.78 is 1.75. The van der Waals surface area contributed by atoms with Crippen LogP contribution in [0.1, 0.15) is 0 Å². The quantitative estimate of drug-likeness (QED) is 0.613. The number of pyridine rings is 1. The molecule has 0 bridgehead atoms. The average molecular weight is 202 g/mol. The molecule has 0 N–H and O–H groups in total. The van der Waals surface area contributed by atoms with Gasteiger partial charge >= 0.3 is 0 Å². The standard InChI is InChI=1S/C7H5Cl2N3/c1-12-5-3-10-6(8)2-4(5)11-7(12)9/h2-3H,1H3. The van der Waals surface area contributed by atoms with Crippen molar-refractivity contribution in [2.45, 2.75) is 0 Å². The third kappa shape index (κ3) is 1.06. The van der Waals surface area contributed by atoms with Gasteiger partial charge in [0, 0.05) is 13.1 Å². The van der Waals surface area contributed by atoms with Crippen molar-refractivity contribution in [2.75, 3.05) is 0 Å². The third-order valence-corrected chi connectivity index (χ3v) is 2.22. The first-order chi connectivity index (χ1) is 5.68. The summed E-state index contributed by atoms with van der Waals surface area (Å²) in [6.45, 7) is 0. The number of aromatic nitrogens is 3. The van der Waals surface area contributed by atoms with Gasteiger partial charge in [0.05, 0.1) is 17.2 Å². The van der Waals surface area contributed by atoms with Crippen molar-refractivity contribution in [1.29, 1.82) is 0 Å². The summed E-state index contributed by atoms with van der Waals surface area (Å²) in [7, 11) is 1.83. The monoisotopic (exact) mass is 201 g/mol. The molecule has 0 aromatic carbocycles. The van der Waals surface area contributed by atoms with Crippen LogP contribution in [0.2, 0.25) is 10.4 Å². The van der Waals surface area contributed by atoms with Gasteiger partial charge in [0.1, 0.15) is 5.15 Å². The van der Waals surface area contributed by atoms with Crippen molar-refractivity contribution in [1.82, 2.24) is 14.5 Å². The first-order valence-corrected chi connectivity index (χ1v) is 4.07. The lowest BCUT2D eigenvalue weighted by atomic mass is 10.4. The molecule has 0 saturated carbocycles. The maximum absolute atomic E-state index is 5.79. The minimum absolute atomic E-state index is 0.428. The van der Waals surface area contributed by atoms with E-state index in [0.717, 1.165) is 11.0 Å². The maximum atomic E-state index is 5.79. The largest absolute Gasteiger partial charge is 0.316 e. The Balaban J connectivity index is 2.87. The normalized spacial score (nSPS) is 10.9. The van der Waals surface area contributed by atoms with E-state index in [1.807, 2.05) is 7.05 Å². The molecule has 5 heteroatoms. The zero-order valence-corrected chi connectivity index (χ0v) is 7.76. The summed E-state index contributed by atoms with van der Waals surface area (Å²) in [4.78, 5) is 8.00. The lowest BCUT2D eigenvalue weighted by Gasteiger charge is -1.93. The van der Waals surface area contributed by atoms with Crippen LogP contribution in [-0.2, 0) is 7.05 Å². The van der Waals surface area contributed by atoms with Gasteiger partial charge in [-0.1, -0.05) is 11.6 Å². The van der Waals surface area contributed by atoms with E-state index in [2.05, 4.69) is 9.97 Å². The molecule has 0 aliphatic rings. The fourth-order valence-electron chi connectivity index (χ4n) is 1.03. The van der Waals surface area contributed by atoms with Crippen molar-refractivity contribution < 1.29 is 0 Å². The van der Waals surface area contributed by atoms with Crippen molar-refractivity contribution >= 4 is 34.2 Å². The molecule has 0 amide bonds. The van der Waals surface area contributed by atoms with E-state index in [0.29, 0.717) is 10.4 Å². The molecule has 0 fully saturated rings. The van der Waals surface area contributed by atoms with E-state index < -0.39 is 0 Å². The Morgan fingerprint density at radius 3 is 2.92 bits per heavy atom. The minimum atomic E-state index is 0.428. The Bertz CT molecular complexity index is 435. The molecule has 0 unspecified atom stereocenters. The molecule has 2 rings (SSSR count). The Labute approximate surface area is 78.9 Å². The highest BCUT2D eigenvalue weighted by molar-refractivity contribution is 6.30. The van der Waals surface area contributed by atoms with Crippen LogP contribution < -0.4 is 0 Å². The molecule has 0 aliphatic heterocycles. The second-order valence-corrected chi connectivity index (χ2v) is 3.16. The van der Waals surface area contributed by atoms with Crippen LogP contribution in [0.15, 0.2) is 12.3 Å². The van der Waals surface area contributed by atoms with Gasteiger partial charge < -0.3 is 4.57 Å². The highest BCUT2D eigenvalue weighted by atomic mass is 35.5. The van der Waals surface area contributed by atoms with Crippen LogP contribution in [0.3, 0.4) is 0 Å². The SMILES string of the molecule is Cn1c(Cl)nc2cc(Cl)ncc21. The Morgan fingerprint density at radius 2 is 2.17 bits per heavy atom. The molecular formula is C7H5Cl2N3. The number of halogens is 2. The van der Waals surface area contributed by atoms with Gasteiger partial charge in [0.25, 0.3) is 0 Å². The fraction of sp³-hybridized carbons (Fsp3) is 0.143. The van der Waals surface area contributed by atoms with E-state index in [1.54, 1.807) is 16.8 Å². The Morgan fingerprint density at radius 1 is 1.42 bits per heavy atom. The lowest BCUT2D eigenvalue weighted by Crippen LogP contribution is -1.86. The summed E-state index contributed by atoms with van der Waals surface area (Å²) in [5.41, 5.74) is 1.65. The van der Waals surface area contributed by atoms with Gasteiger partial charge in [-0.05, 0) is 11.6 Å². The van der Waals surface area contributed by atoms with Crippen LogP contribution in [0.25, 0.3) is 11.0 Å². The number of hydrogen-bond acceptors (Lipinski definition) is 2. The summed E-state index contributed by atoms with van der Waals surface area (Å²) in [5.74, 6) is 0. The maximum Gasteiger partial charge on any atom is 0.203 e. The smallest absolute Gasteiger partial charge is 0.203 e. The van der Waals surface area contributed by atoms with Crippen LogP contribution >= 0.6 is 23.2 Å². The van der Waals surface area contributed by atoms with E-state index in [4.69, 9.17) is 23.2 Å². The molecule has 0 aliphatic carbocycles. The second kappa shape index (κ2) is 2.61. The first kappa shape index (κ1) is 7.83. The third-order valence-electron chi connectivity index (χ3n) is 1.68.